The molecule has 0 unspecified atom stereocenters. The monoisotopic (exact) mass is 246 g/mol. The average molecular weight is 247 g/mol. The maximum atomic E-state index is 5.89. The van der Waals surface area contributed by atoms with E-state index in [1.165, 1.54) is 0 Å². The van der Waals surface area contributed by atoms with E-state index in [0.717, 1.165) is 10.6 Å². The molecule has 0 spiro atoms. The molecule has 0 bridgehead atoms. The van der Waals surface area contributed by atoms with E-state index in [1.54, 1.807) is 11.8 Å². The van der Waals surface area contributed by atoms with E-state index >= 15 is 0 Å². The number of hydrogen-bond acceptors (Lipinski definition) is 4. The van der Waals surface area contributed by atoms with Gasteiger partial charge < -0.3 is 16.2 Å². The molecule has 0 saturated heterocycles. The second kappa shape index (κ2) is 6.95. The van der Waals surface area contributed by atoms with E-state index in [1.807, 2.05) is 18.2 Å². The molecule has 84 valence electrons. The molecule has 1 rings (SSSR count). The standard InChI is InChI=1S/C10H15ClN2OS/c11-9-7-8(1-2-10(9)13)15-6-5-14-4-3-12/h1-2,7H,3-6,12-13H2. The van der Waals surface area contributed by atoms with Gasteiger partial charge in [-0.2, -0.15) is 0 Å². The summed E-state index contributed by atoms with van der Waals surface area (Å²) in [6, 6.07) is 5.63. The summed E-state index contributed by atoms with van der Waals surface area (Å²) in [5.74, 6) is 0.889. The molecular formula is C10H15ClN2OS. The van der Waals surface area contributed by atoms with Gasteiger partial charge in [-0.05, 0) is 18.2 Å². The first kappa shape index (κ1) is 12.6. The van der Waals surface area contributed by atoms with E-state index < -0.39 is 0 Å². The predicted molar refractivity (Wildman–Crippen MR) is 66.5 cm³/mol. The van der Waals surface area contributed by atoms with Crippen molar-refractivity contribution < 1.29 is 4.74 Å². The van der Waals surface area contributed by atoms with Crippen molar-refractivity contribution in [3.05, 3.63) is 23.2 Å². The molecule has 5 heteroatoms. The molecule has 1 aromatic rings. The van der Waals surface area contributed by atoms with Crippen molar-refractivity contribution in [3.8, 4) is 0 Å². The Balaban J connectivity index is 2.28. The first-order valence-corrected chi connectivity index (χ1v) is 6.06. The molecule has 0 aromatic heterocycles. The number of benzene rings is 1. The zero-order valence-corrected chi connectivity index (χ0v) is 9.98. The largest absolute Gasteiger partial charge is 0.398 e. The first-order chi connectivity index (χ1) is 7.24. The van der Waals surface area contributed by atoms with Crippen molar-refractivity contribution >= 4 is 29.1 Å². The summed E-state index contributed by atoms with van der Waals surface area (Å²) in [6.45, 7) is 1.88. The van der Waals surface area contributed by atoms with Gasteiger partial charge in [0.2, 0.25) is 0 Å². The van der Waals surface area contributed by atoms with Crippen LogP contribution in [0.25, 0.3) is 0 Å². The van der Waals surface area contributed by atoms with E-state index in [-0.39, 0.29) is 0 Å². The van der Waals surface area contributed by atoms with Crippen molar-refractivity contribution in [2.24, 2.45) is 5.73 Å². The zero-order valence-electron chi connectivity index (χ0n) is 8.41. The van der Waals surface area contributed by atoms with Crippen LogP contribution in [0.4, 0.5) is 5.69 Å². The number of ether oxygens (including phenoxy) is 1. The van der Waals surface area contributed by atoms with Gasteiger partial charge in [-0.15, -0.1) is 11.8 Å². The number of nitrogen functional groups attached to an aromatic ring is 1. The SMILES string of the molecule is NCCOCCSc1ccc(N)c(Cl)c1. The third-order valence-electron chi connectivity index (χ3n) is 1.73. The topological polar surface area (TPSA) is 61.3 Å². The van der Waals surface area contributed by atoms with Crippen LogP contribution in [-0.4, -0.2) is 25.5 Å². The van der Waals surface area contributed by atoms with Crippen molar-refractivity contribution in [1.29, 1.82) is 0 Å². The number of halogens is 1. The maximum absolute atomic E-state index is 5.89. The Hall–Kier alpha value is -0.420. The Morgan fingerprint density at radius 2 is 2.13 bits per heavy atom. The predicted octanol–water partition coefficient (Wildman–Crippen LogP) is 1.99. The highest BCUT2D eigenvalue weighted by Crippen LogP contribution is 2.25. The quantitative estimate of drug-likeness (QED) is 0.458. The molecule has 0 radical (unpaired) electrons. The van der Waals surface area contributed by atoms with Crippen molar-refractivity contribution in [1.82, 2.24) is 0 Å². The molecule has 0 aliphatic rings. The molecule has 0 fully saturated rings. The van der Waals surface area contributed by atoms with Gasteiger partial charge in [0.25, 0.3) is 0 Å². The number of rotatable bonds is 6. The number of anilines is 1. The van der Waals surface area contributed by atoms with Crippen LogP contribution in [-0.2, 0) is 4.74 Å². The lowest BCUT2D eigenvalue weighted by Gasteiger charge is -2.04. The third-order valence-corrected chi connectivity index (χ3v) is 3.02. The van der Waals surface area contributed by atoms with Crippen LogP contribution in [0.3, 0.4) is 0 Å². The fourth-order valence-electron chi connectivity index (χ4n) is 1.00. The molecular weight excluding hydrogens is 232 g/mol. The van der Waals surface area contributed by atoms with E-state index in [0.29, 0.717) is 30.5 Å². The molecule has 15 heavy (non-hydrogen) atoms. The lowest BCUT2D eigenvalue weighted by atomic mass is 10.3. The average Bonchev–Trinajstić information content (AvgIpc) is 2.23. The van der Waals surface area contributed by atoms with Crippen LogP contribution < -0.4 is 11.5 Å². The van der Waals surface area contributed by atoms with Gasteiger partial charge in [-0.25, -0.2) is 0 Å². The van der Waals surface area contributed by atoms with Crippen molar-refractivity contribution in [2.45, 2.75) is 4.90 Å². The van der Waals surface area contributed by atoms with Crippen LogP contribution in [0.2, 0.25) is 5.02 Å². The van der Waals surface area contributed by atoms with Crippen molar-refractivity contribution in [3.63, 3.8) is 0 Å². The molecule has 1 aromatic carbocycles. The number of nitrogens with two attached hydrogens (primary N) is 2. The molecule has 0 heterocycles. The fraction of sp³-hybridized carbons (Fsp3) is 0.400. The second-order valence-corrected chi connectivity index (χ2v) is 4.51. The lowest BCUT2D eigenvalue weighted by molar-refractivity contribution is 0.158. The highest BCUT2D eigenvalue weighted by atomic mass is 35.5. The molecule has 4 N–H and O–H groups in total. The van der Waals surface area contributed by atoms with Gasteiger partial charge in [-0.3, -0.25) is 0 Å². The van der Waals surface area contributed by atoms with Gasteiger partial charge in [0, 0.05) is 17.2 Å². The van der Waals surface area contributed by atoms with Crippen LogP contribution in [0.5, 0.6) is 0 Å². The van der Waals surface area contributed by atoms with E-state index in [9.17, 15) is 0 Å². The smallest absolute Gasteiger partial charge is 0.0646 e. The summed E-state index contributed by atoms with van der Waals surface area (Å²) < 4.78 is 5.25. The molecule has 0 amide bonds. The molecule has 0 saturated carbocycles. The minimum atomic E-state index is 0.568. The van der Waals surface area contributed by atoms with Gasteiger partial charge >= 0.3 is 0 Å². The summed E-state index contributed by atoms with van der Waals surface area (Å²) in [4.78, 5) is 1.10. The Morgan fingerprint density at radius 3 is 2.80 bits per heavy atom. The molecule has 0 aliphatic carbocycles. The Kier molecular flexibility index (Phi) is 5.86. The van der Waals surface area contributed by atoms with Gasteiger partial charge in [0.1, 0.15) is 0 Å². The highest BCUT2D eigenvalue weighted by Gasteiger charge is 1.98. The lowest BCUT2D eigenvalue weighted by Crippen LogP contribution is -2.09. The zero-order chi connectivity index (χ0) is 11.1. The Labute approximate surface area is 99.1 Å². The molecule has 3 nitrogen and oxygen atoms in total. The van der Waals surface area contributed by atoms with Crippen LogP contribution >= 0.6 is 23.4 Å². The van der Waals surface area contributed by atoms with E-state index in [4.69, 9.17) is 27.8 Å². The van der Waals surface area contributed by atoms with Crippen LogP contribution in [0.1, 0.15) is 0 Å². The Morgan fingerprint density at radius 1 is 1.33 bits per heavy atom. The summed E-state index contributed by atoms with van der Waals surface area (Å²) in [6.07, 6.45) is 0. The number of hydrogen-bond donors (Lipinski definition) is 2. The van der Waals surface area contributed by atoms with Gasteiger partial charge in [-0.1, -0.05) is 11.6 Å². The van der Waals surface area contributed by atoms with Gasteiger partial charge in [0.15, 0.2) is 0 Å². The summed E-state index contributed by atoms with van der Waals surface area (Å²) in [5, 5.41) is 0.600. The normalized spacial score (nSPS) is 10.5. The highest BCUT2D eigenvalue weighted by molar-refractivity contribution is 7.99. The molecule has 0 aliphatic heterocycles. The third kappa shape index (κ3) is 4.75. The van der Waals surface area contributed by atoms with E-state index in [2.05, 4.69) is 0 Å². The first-order valence-electron chi connectivity index (χ1n) is 4.69. The fourth-order valence-corrected chi connectivity index (χ4v) is 2.05. The van der Waals surface area contributed by atoms with Gasteiger partial charge in [0.05, 0.1) is 23.9 Å². The van der Waals surface area contributed by atoms with Crippen LogP contribution in [0.15, 0.2) is 23.1 Å². The summed E-state index contributed by atoms with van der Waals surface area (Å²) in [5.41, 5.74) is 11.5. The Bertz CT molecular complexity index is 309. The maximum Gasteiger partial charge on any atom is 0.0646 e. The summed E-state index contributed by atoms with van der Waals surface area (Å²) in [7, 11) is 0. The number of thioether (sulfide) groups is 1. The summed E-state index contributed by atoms with van der Waals surface area (Å²) >= 11 is 7.58. The van der Waals surface area contributed by atoms with Crippen LogP contribution in [0, 0.1) is 0 Å². The second-order valence-electron chi connectivity index (χ2n) is 2.93. The van der Waals surface area contributed by atoms with Crippen molar-refractivity contribution in [2.75, 3.05) is 31.2 Å². The minimum Gasteiger partial charge on any atom is -0.398 e. The minimum absolute atomic E-state index is 0.568. The molecule has 0 atom stereocenters.